The molecule has 0 saturated carbocycles. The van der Waals surface area contributed by atoms with Crippen molar-refractivity contribution < 1.29 is 24.3 Å². The molecule has 0 saturated heterocycles. The number of carbonyl (C=O) groups is 2. The maximum atomic E-state index is 11.9. The van der Waals surface area contributed by atoms with E-state index in [0.29, 0.717) is 6.42 Å². The Labute approximate surface area is 166 Å². The maximum absolute atomic E-state index is 11.9. The quantitative estimate of drug-likeness (QED) is 0.283. The third-order valence-electron chi connectivity index (χ3n) is 5.76. The van der Waals surface area contributed by atoms with E-state index in [2.05, 4.69) is 6.92 Å². The van der Waals surface area contributed by atoms with Crippen molar-refractivity contribution >= 4 is 11.9 Å². The van der Waals surface area contributed by atoms with Crippen LogP contribution in [0.1, 0.15) is 91.4 Å². The van der Waals surface area contributed by atoms with E-state index in [1.54, 1.807) is 13.8 Å². The smallest absolute Gasteiger partial charge is 0.363 e. The van der Waals surface area contributed by atoms with Gasteiger partial charge in [-0.25, -0.2) is 4.79 Å². The van der Waals surface area contributed by atoms with Gasteiger partial charge in [0.05, 0.1) is 27.1 Å². The molecule has 2 N–H and O–H groups in total. The van der Waals surface area contributed by atoms with Crippen molar-refractivity contribution in [2.24, 2.45) is 11.3 Å². The molecule has 160 valence electrons. The largest absolute Gasteiger partial charge is 0.481 e. The van der Waals surface area contributed by atoms with Crippen LogP contribution in [0.15, 0.2) is 0 Å². The van der Waals surface area contributed by atoms with Crippen molar-refractivity contribution in [1.82, 2.24) is 0 Å². The summed E-state index contributed by atoms with van der Waals surface area (Å²) in [5, 5.41) is 19.5. The van der Waals surface area contributed by atoms with E-state index < -0.39 is 29.3 Å². The Morgan fingerprint density at radius 1 is 0.778 bits per heavy atom. The van der Waals surface area contributed by atoms with Crippen LogP contribution >= 0.6 is 0 Å². The lowest BCUT2D eigenvalue weighted by atomic mass is 9.69. The first kappa shape index (κ1) is 25.9. The average Bonchev–Trinajstić information content (AvgIpc) is 2.49. The lowest BCUT2D eigenvalue weighted by molar-refractivity contribution is -0.895. The highest BCUT2D eigenvalue weighted by molar-refractivity contribution is 5.77. The normalized spacial score (nSPS) is 14.7. The SMILES string of the molecule is CCCCCCCCCCCCC(C(=O)O)C(C)(C)C(C(=O)O)[N+](C)(C)C. The number of unbranched alkanes of at least 4 members (excludes halogenated alkanes) is 9. The van der Waals surface area contributed by atoms with E-state index in [-0.39, 0.29) is 4.48 Å². The maximum Gasteiger partial charge on any atom is 0.363 e. The molecule has 0 aromatic rings. The highest BCUT2D eigenvalue weighted by atomic mass is 16.4. The lowest BCUT2D eigenvalue weighted by Crippen LogP contribution is -2.60. The van der Waals surface area contributed by atoms with Crippen molar-refractivity contribution in [1.29, 1.82) is 0 Å². The van der Waals surface area contributed by atoms with Crippen molar-refractivity contribution in [3.05, 3.63) is 0 Å². The number of carboxylic acid groups (broad SMARTS) is 2. The first-order chi connectivity index (χ1) is 12.5. The molecule has 0 aliphatic heterocycles. The molecule has 0 aromatic carbocycles. The molecule has 0 bridgehead atoms. The van der Waals surface area contributed by atoms with Gasteiger partial charge in [-0.2, -0.15) is 0 Å². The molecule has 2 atom stereocenters. The third-order valence-corrected chi connectivity index (χ3v) is 5.76. The molecular formula is C22H44NO4+. The van der Waals surface area contributed by atoms with E-state index in [1.165, 1.54) is 44.9 Å². The summed E-state index contributed by atoms with van der Waals surface area (Å²) in [6.07, 6.45) is 12.6. The van der Waals surface area contributed by atoms with E-state index in [1.807, 2.05) is 21.1 Å². The van der Waals surface area contributed by atoms with Gasteiger partial charge in [0, 0.05) is 5.41 Å². The molecule has 0 radical (unpaired) electrons. The average molecular weight is 387 g/mol. The van der Waals surface area contributed by atoms with E-state index in [4.69, 9.17) is 0 Å². The minimum absolute atomic E-state index is 0.212. The standard InChI is InChI=1S/C22H43NO4/c1-7-8-9-10-11-12-13-14-15-16-17-18(20(24)25)22(2,3)19(21(26)27)23(4,5)6/h18-19H,7-17H2,1-6H3,(H-,24,25,26,27)/p+1. The molecule has 0 aliphatic rings. The first-order valence-corrected chi connectivity index (χ1v) is 10.7. The van der Waals surface area contributed by atoms with Crippen LogP contribution in [0.2, 0.25) is 0 Å². The van der Waals surface area contributed by atoms with Gasteiger partial charge in [0.25, 0.3) is 0 Å². The number of quaternary nitrogens is 1. The van der Waals surface area contributed by atoms with Gasteiger partial charge in [0.2, 0.25) is 0 Å². The van der Waals surface area contributed by atoms with Crippen molar-refractivity contribution in [2.45, 2.75) is 97.4 Å². The summed E-state index contributed by atoms with van der Waals surface area (Å²) in [5.41, 5.74) is -0.824. The zero-order valence-corrected chi connectivity index (χ0v) is 18.6. The molecule has 5 heteroatoms. The molecule has 0 heterocycles. The fraction of sp³-hybridized carbons (Fsp3) is 0.909. The van der Waals surface area contributed by atoms with Crippen LogP contribution in [0.25, 0.3) is 0 Å². The van der Waals surface area contributed by atoms with E-state index in [0.717, 1.165) is 19.3 Å². The molecule has 5 nitrogen and oxygen atoms in total. The van der Waals surface area contributed by atoms with E-state index in [9.17, 15) is 19.8 Å². The van der Waals surface area contributed by atoms with Gasteiger partial charge in [0.15, 0.2) is 6.04 Å². The Morgan fingerprint density at radius 2 is 1.19 bits per heavy atom. The Kier molecular flexibility index (Phi) is 11.9. The molecule has 0 amide bonds. The monoisotopic (exact) mass is 386 g/mol. The Hall–Kier alpha value is -1.10. The fourth-order valence-electron chi connectivity index (χ4n) is 4.49. The van der Waals surface area contributed by atoms with Crippen molar-refractivity contribution in [3.63, 3.8) is 0 Å². The minimum Gasteiger partial charge on any atom is -0.481 e. The number of rotatable bonds is 16. The number of aliphatic carboxylic acids is 2. The van der Waals surface area contributed by atoms with Gasteiger partial charge < -0.3 is 14.7 Å². The first-order valence-electron chi connectivity index (χ1n) is 10.7. The summed E-state index contributed by atoms with van der Waals surface area (Å²) in [6, 6.07) is -0.762. The second-order valence-corrected chi connectivity index (χ2v) is 9.54. The van der Waals surface area contributed by atoms with E-state index >= 15 is 0 Å². The predicted octanol–water partition coefficient (Wildman–Crippen LogP) is 5.18. The van der Waals surface area contributed by atoms with Gasteiger partial charge in [-0.3, -0.25) is 4.79 Å². The summed E-state index contributed by atoms with van der Waals surface area (Å²) in [6.45, 7) is 5.82. The van der Waals surface area contributed by atoms with Crippen LogP contribution in [-0.4, -0.2) is 53.8 Å². The Balaban J connectivity index is 4.49. The number of hydrogen-bond acceptors (Lipinski definition) is 2. The molecule has 0 aromatic heterocycles. The Bertz CT molecular complexity index is 440. The van der Waals surface area contributed by atoms with Crippen LogP contribution in [-0.2, 0) is 9.59 Å². The zero-order chi connectivity index (χ0) is 21.1. The molecular weight excluding hydrogens is 342 g/mol. The number of hydrogen-bond donors (Lipinski definition) is 2. The van der Waals surface area contributed by atoms with Crippen LogP contribution in [0.3, 0.4) is 0 Å². The molecule has 0 spiro atoms. The minimum atomic E-state index is -0.929. The molecule has 27 heavy (non-hydrogen) atoms. The highest BCUT2D eigenvalue weighted by Crippen LogP contribution is 2.38. The lowest BCUT2D eigenvalue weighted by Gasteiger charge is -2.43. The molecule has 0 rings (SSSR count). The number of carboxylic acids is 2. The summed E-state index contributed by atoms with van der Waals surface area (Å²) >= 11 is 0. The van der Waals surface area contributed by atoms with Crippen LogP contribution in [0.5, 0.6) is 0 Å². The predicted molar refractivity (Wildman–Crippen MR) is 111 cm³/mol. The summed E-state index contributed by atoms with van der Waals surface area (Å²) < 4.78 is 0.212. The van der Waals surface area contributed by atoms with Crippen molar-refractivity contribution in [2.75, 3.05) is 21.1 Å². The number of likely N-dealkylation sites (N-methyl/N-ethyl adjacent to an activating group) is 1. The van der Waals surface area contributed by atoms with Gasteiger partial charge in [0.1, 0.15) is 0 Å². The zero-order valence-electron chi connectivity index (χ0n) is 18.6. The summed E-state index contributed by atoms with van der Waals surface area (Å²) in [7, 11) is 5.46. The number of nitrogens with zero attached hydrogens (tertiary/aromatic N) is 1. The van der Waals surface area contributed by atoms with Gasteiger partial charge >= 0.3 is 11.9 Å². The van der Waals surface area contributed by atoms with Gasteiger partial charge in [-0.15, -0.1) is 0 Å². The Morgan fingerprint density at radius 3 is 1.52 bits per heavy atom. The topological polar surface area (TPSA) is 74.6 Å². The van der Waals surface area contributed by atoms with Crippen molar-refractivity contribution in [3.8, 4) is 0 Å². The van der Waals surface area contributed by atoms with Gasteiger partial charge in [-0.05, 0) is 6.42 Å². The second kappa shape index (κ2) is 12.4. The second-order valence-electron chi connectivity index (χ2n) is 9.54. The molecule has 2 unspecified atom stereocenters. The molecule has 0 aliphatic carbocycles. The van der Waals surface area contributed by atoms with Crippen LogP contribution < -0.4 is 0 Å². The summed E-state index contributed by atoms with van der Waals surface area (Å²) in [4.78, 5) is 23.7. The van der Waals surface area contributed by atoms with Crippen LogP contribution in [0, 0.1) is 11.3 Å². The summed E-state index contributed by atoms with van der Waals surface area (Å²) in [5.74, 6) is -2.46. The highest BCUT2D eigenvalue weighted by Gasteiger charge is 2.51. The fourth-order valence-corrected chi connectivity index (χ4v) is 4.49. The molecule has 0 fully saturated rings. The van der Waals surface area contributed by atoms with Gasteiger partial charge in [-0.1, -0.05) is 85.0 Å². The third kappa shape index (κ3) is 9.59. The van der Waals surface area contributed by atoms with Crippen LogP contribution in [0.4, 0.5) is 0 Å².